The minimum absolute atomic E-state index is 0.195. The topological polar surface area (TPSA) is 203 Å². The van der Waals surface area contributed by atoms with Crippen LogP contribution in [0.2, 0.25) is 0 Å². The van der Waals surface area contributed by atoms with Crippen LogP contribution < -0.4 is 0 Å². The van der Waals surface area contributed by atoms with Crippen molar-refractivity contribution < 1.29 is 58.7 Å². The fourth-order valence-corrected chi connectivity index (χ4v) is 5.26. The minimum atomic E-state index is -4.98. The van der Waals surface area contributed by atoms with E-state index in [2.05, 4.69) is 16.0 Å². The van der Waals surface area contributed by atoms with E-state index >= 15 is 0 Å². The number of esters is 1. The van der Waals surface area contributed by atoms with Crippen LogP contribution in [0.15, 0.2) is 0 Å². The maximum Gasteiger partial charge on any atom is 0.472 e. The molecule has 1 fully saturated rings. The van der Waals surface area contributed by atoms with E-state index in [1.54, 1.807) is 0 Å². The van der Waals surface area contributed by atoms with Crippen molar-refractivity contribution in [2.75, 3.05) is 13.2 Å². The highest BCUT2D eigenvalue weighted by molar-refractivity contribution is 7.47. The van der Waals surface area contributed by atoms with Crippen molar-refractivity contribution in [1.82, 2.24) is 0 Å². The first kappa shape index (κ1) is 35.4. The van der Waals surface area contributed by atoms with Crippen LogP contribution in [0.5, 0.6) is 0 Å². The molecule has 0 aromatic rings. The Bertz CT molecular complexity index is 665. The first-order valence-electron chi connectivity index (χ1n) is 13.9. The number of hydrogen-bond donors (Lipinski definition) is 7. The average Bonchev–Trinajstić information content (AvgIpc) is 2.89. The van der Waals surface area contributed by atoms with Gasteiger partial charge in [0.25, 0.3) is 0 Å². The Kier molecular flexibility index (Phi) is 18.1. The highest BCUT2D eigenvalue weighted by Crippen LogP contribution is 2.47. The largest absolute Gasteiger partial charge is 0.472 e. The first-order valence-corrected chi connectivity index (χ1v) is 15.4. The van der Waals surface area contributed by atoms with Gasteiger partial charge >= 0.3 is 13.8 Å². The van der Waals surface area contributed by atoms with Crippen LogP contribution in [0.4, 0.5) is 0 Å². The summed E-state index contributed by atoms with van der Waals surface area (Å²) in [5, 5.41) is 58.5. The summed E-state index contributed by atoms with van der Waals surface area (Å²) in [6.45, 7) is 0.973. The van der Waals surface area contributed by atoms with E-state index in [1.165, 1.54) is 57.8 Å². The molecule has 38 heavy (non-hydrogen) atoms. The first-order chi connectivity index (χ1) is 18.0. The van der Waals surface area contributed by atoms with Crippen molar-refractivity contribution in [3.63, 3.8) is 0 Å². The minimum Gasteiger partial charge on any atom is -0.463 e. The Morgan fingerprint density at radius 3 is 1.61 bits per heavy atom. The van der Waals surface area contributed by atoms with E-state index in [0.717, 1.165) is 19.3 Å². The van der Waals surface area contributed by atoms with Crippen LogP contribution in [-0.2, 0) is 23.1 Å². The number of ether oxygens (including phenoxy) is 1. The standard InChI is InChI=1S/C25H49O12P/c1-2-3-4-5-6-7-8-9-10-11-12-13-14-15-19(27)35-16-18(26)17-36-38(33,34)37-25-23(31)21(29)20(28)22(30)24(25)32/h18,20-26,28-32H,2-17H2,1H3,(H,33,34)/t18?,20?,21-,22?,23?,24?,25?/m1/s1. The number of carbonyl (C=O) groups excluding carboxylic acids is 1. The van der Waals surface area contributed by atoms with Crippen molar-refractivity contribution >= 4 is 13.8 Å². The second-order valence-corrected chi connectivity index (χ2v) is 11.5. The van der Waals surface area contributed by atoms with Gasteiger partial charge < -0.3 is 40.3 Å². The highest BCUT2D eigenvalue weighted by Gasteiger charge is 2.51. The summed E-state index contributed by atoms with van der Waals surface area (Å²) in [6.07, 6.45) is 2.42. The molecule has 0 aromatic carbocycles. The molecule has 1 rings (SSSR count). The number of aliphatic hydroxyl groups is 6. The van der Waals surface area contributed by atoms with Crippen LogP contribution in [-0.4, -0.2) is 97.4 Å². The fraction of sp³-hybridized carbons (Fsp3) is 0.960. The Hall–Kier alpha value is -0.660. The lowest BCUT2D eigenvalue weighted by atomic mass is 9.85. The molecule has 8 atom stereocenters. The van der Waals surface area contributed by atoms with Crippen LogP contribution in [0.1, 0.15) is 96.8 Å². The predicted molar refractivity (Wildman–Crippen MR) is 138 cm³/mol. The third-order valence-electron chi connectivity index (χ3n) is 6.68. The Labute approximate surface area is 225 Å². The molecule has 13 heteroatoms. The number of hydrogen-bond acceptors (Lipinski definition) is 11. The molecule has 0 bridgehead atoms. The number of aliphatic hydroxyl groups excluding tert-OH is 6. The van der Waals surface area contributed by atoms with Crippen LogP contribution in [0, 0.1) is 0 Å². The number of carbonyl (C=O) groups is 1. The van der Waals surface area contributed by atoms with Gasteiger partial charge in [-0.05, 0) is 6.42 Å². The van der Waals surface area contributed by atoms with Gasteiger partial charge in [-0.3, -0.25) is 13.8 Å². The highest BCUT2D eigenvalue weighted by atomic mass is 31.2. The number of phosphoric acid groups is 1. The van der Waals surface area contributed by atoms with Gasteiger partial charge in [-0.2, -0.15) is 0 Å². The van der Waals surface area contributed by atoms with Crippen molar-refractivity contribution in [3.8, 4) is 0 Å². The monoisotopic (exact) mass is 572 g/mol. The summed E-state index contributed by atoms with van der Waals surface area (Å²) in [6, 6.07) is 0. The molecule has 7 unspecified atom stereocenters. The lowest BCUT2D eigenvalue weighted by Crippen LogP contribution is -2.64. The normalized spacial score (nSPS) is 28.1. The quantitative estimate of drug-likeness (QED) is 0.0596. The Morgan fingerprint density at radius 2 is 1.13 bits per heavy atom. The fourth-order valence-electron chi connectivity index (χ4n) is 4.28. The van der Waals surface area contributed by atoms with Gasteiger partial charge in [0.05, 0.1) is 6.61 Å². The van der Waals surface area contributed by atoms with Gasteiger partial charge in [0.2, 0.25) is 0 Å². The molecule has 7 N–H and O–H groups in total. The Morgan fingerprint density at radius 1 is 0.711 bits per heavy atom. The molecular weight excluding hydrogens is 523 g/mol. The van der Waals surface area contributed by atoms with Crippen molar-refractivity contribution in [3.05, 3.63) is 0 Å². The summed E-state index contributed by atoms with van der Waals surface area (Å²) < 4.78 is 26.3. The summed E-state index contributed by atoms with van der Waals surface area (Å²) in [7, 11) is -4.98. The maximum atomic E-state index is 12.1. The molecule has 0 radical (unpaired) electrons. The Balaban J connectivity index is 2.11. The SMILES string of the molecule is CCCCCCCCCCCCCCCC(=O)OCC(O)COP(=O)(O)OC1C(O)C(O)C(O)[C@@H](O)C1O. The van der Waals surface area contributed by atoms with Gasteiger partial charge in [-0.1, -0.05) is 84.0 Å². The van der Waals surface area contributed by atoms with Crippen molar-refractivity contribution in [2.45, 2.75) is 140 Å². The van der Waals surface area contributed by atoms with E-state index in [9.17, 15) is 44.9 Å². The molecule has 0 amide bonds. The summed E-state index contributed by atoms with van der Waals surface area (Å²) in [4.78, 5) is 21.6. The van der Waals surface area contributed by atoms with E-state index in [1.807, 2.05) is 0 Å². The number of unbranched alkanes of at least 4 members (excludes halogenated alkanes) is 12. The zero-order chi connectivity index (χ0) is 28.6. The molecular formula is C25H49O12P. The number of phosphoric ester groups is 1. The zero-order valence-electron chi connectivity index (χ0n) is 22.5. The van der Waals surface area contributed by atoms with Crippen LogP contribution in [0.25, 0.3) is 0 Å². The molecule has 226 valence electrons. The average molecular weight is 573 g/mol. The van der Waals surface area contributed by atoms with E-state index in [0.29, 0.717) is 6.42 Å². The predicted octanol–water partition coefficient (Wildman–Crippen LogP) is 1.69. The summed E-state index contributed by atoms with van der Waals surface area (Å²) in [5.41, 5.74) is 0. The van der Waals surface area contributed by atoms with Crippen molar-refractivity contribution in [1.29, 1.82) is 0 Å². The molecule has 1 aliphatic rings. The molecule has 12 nitrogen and oxygen atoms in total. The van der Waals surface area contributed by atoms with Crippen LogP contribution >= 0.6 is 7.82 Å². The van der Waals surface area contributed by atoms with Crippen LogP contribution in [0.3, 0.4) is 0 Å². The molecule has 0 saturated heterocycles. The number of rotatable bonds is 21. The smallest absolute Gasteiger partial charge is 0.463 e. The van der Waals surface area contributed by atoms with Crippen molar-refractivity contribution in [2.24, 2.45) is 0 Å². The second kappa shape index (κ2) is 19.4. The van der Waals surface area contributed by atoms with E-state index in [-0.39, 0.29) is 6.42 Å². The molecule has 1 aliphatic carbocycles. The zero-order valence-corrected chi connectivity index (χ0v) is 23.4. The molecule has 1 saturated carbocycles. The molecule has 0 spiro atoms. The van der Waals surface area contributed by atoms with Gasteiger partial charge in [0.15, 0.2) is 0 Å². The van der Waals surface area contributed by atoms with Gasteiger partial charge in [0.1, 0.15) is 49.3 Å². The van der Waals surface area contributed by atoms with Gasteiger partial charge in [-0.25, -0.2) is 4.57 Å². The lowest BCUT2D eigenvalue weighted by Gasteiger charge is -2.41. The second-order valence-electron chi connectivity index (χ2n) is 10.1. The summed E-state index contributed by atoms with van der Waals surface area (Å²) >= 11 is 0. The maximum absolute atomic E-state index is 12.1. The van der Waals surface area contributed by atoms with E-state index < -0.39 is 69.7 Å². The third kappa shape index (κ3) is 14.1. The molecule has 0 aliphatic heterocycles. The van der Waals surface area contributed by atoms with E-state index in [4.69, 9.17) is 4.74 Å². The lowest BCUT2D eigenvalue weighted by molar-refractivity contribution is -0.220. The summed E-state index contributed by atoms with van der Waals surface area (Å²) in [5.74, 6) is -0.509. The molecule has 0 aromatic heterocycles. The third-order valence-corrected chi connectivity index (χ3v) is 7.66. The van der Waals surface area contributed by atoms with Gasteiger partial charge in [-0.15, -0.1) is 0 Å². The van der Waals surface area contributed by atoms with Gasteiger partial charge in [0, 0.05) is 6.42 Å². The molecule has 0 heterocycles.